The molecule has 1 unspecified atom stereocenters. The van der Waals surface area contributed by atoms with Gasteiger partial charge in [0.25, 0.3) is 0 Å². The van der Waals surface area contributed by atoms with E-state index in [1.807, 2.05) is 25.1 Å². The lowest BCUT2D eigenvalue weighted by atomic mass is 9.91. The van der Waals surface area contributed by atoms with Gasteiger partial charge in [0, 0.05) is 25.5 Å². The summed E-state index contributed by atoms with van der Waals surface area (Å²) in [5.41, 5.74) is 3.42. The number of benzene rings is 2. The van der Waals surface area contributed by atoms with Gasteiger partial charge in [0.05, 0.1) is 4.99 Å². The number of ether oxygens (including phenoxy) is 1. The highest BCUT2D eigenvalue weighted by Gasteiger charge is 2.19. The first kappa shape index (κ1) is 23.0. The lowest BCUT2D eigenvalue weighted by molar-refractivity contribution is -0.149. The van der Waals surface area contributed by atoms with Crippen molar-refractivity contribution >= 4 is 23.2 Å². The zero-order valence-electron chi connectivity index (χ0n) is 17.3. The van der Waals surface area contributed by atoms with Crippen molar-refractivity contribution in [2.45, 2.75) is 51.6 Å². The fourth-order valence-electron chi connectivity index (χ4n) is 3.29. The molecule has 2 rings (SSSR count). The maximum atomic E-state index is 11.3. The van der Waals surface area contributed by atoms with Gasteiger partial charge in [-0.05, 0) is 42.9 Å². The van der Waals surface area contributed by atoms with E-state index in [-0.39, 0.29) is 5.92 Å². The largest absolute Gasteiger partial charge is 0.479 e. The van der Waals surface area contributed by atoms with Crippen LogP contribution in [0.2, 0.25) is 0 Å². The van der Waals surface area contributed by atoms with Crippen LogP contribution in [-0.2, 0) is 22.4 Å². The highest BCUT2D eigenvalue weighted by molar-refractivity contribution is 7.80. The number of carboxylic acid groups (broad SMARTS) is 1. The monoisotopic (exact) mass is 413 g/mol. The van der Waals surface area contributed by atoms with E-state index >= 15 is 0 Å². The Morgan fingerprint density at radius 2 is 1.72 bits per heavy atom. The number of nitrogens with one attached hydrogen (secondary N) is 1. The van der Waals surface area contributed by atoms with Crippen molar-refractivity contribution in [1.82, 2.24) is 5.32 Å². The van der Waals surface area contributed by atoms with Crippen LogP contribution in [0, 0.1) is 0 Å². The van der Waals surface area contributed by atoms with E-state index in [1.54, 1.807) is 0 Å². The van der Waals surface area contributed by atoms with E-state index < -0.39 is 12.1 Å². The molecule has 0 fully saturated rings. The van der Waals surface area contributed by atoms with E-state index in [0.717, 1.165) is 36.4 Å². The number of rotatable bonds is 12. The summed E-state index contributed by atoms with van der Waals surface area (Å²) in [5, 5.41) is 12.6. The van der Waals surface area contributed by atoms with Crippen molar-refractivity contribution in [2.24, 2.45) is 0 Å². The van der Waals surface area contributed by atoms with Gasteiger partial charge in [-0.3, -0.25) is 0 Å². The molecule has 0 aliphatic heterocycles. The molecule has 0 aliphatic rings. The molecule has 2 aromatic rings. The maximum Gasteiger partial charge on any atom is 0.333 e. The van der Waals surface area contributed by atoms with Crippen LogP contribution >= 0.6 is 12.2 Å². The summed E-state index contributed by atoms with van der Waals surface area (Å²) < 4.78 is 5.30. The van der Waals surface area contributed by atoms with Crippen molar-refractivity contribution < 1.29 is 14.6 Å². The lowest BCUT2D eigenvalue weighted by Crippen LogP contribution is -2.28. The van der Waals surface area contributed by atoms with Gasteiger partial charge in [-0.1, -0.05) is 73.7 Å². The molecule has 0 saturated heterocycles. The minimum atomic E-state index is -0.922. The van der Waals surface area contributed by atoms with Gasteiger partial charge >= 0.3 is 5.97 Å². The Bertz CT molecular complexity index is 761. The molecule has 4 nitrogen and oxygen atoms in total. The van der Waals surface area contributed by atoms with Crippen LogP contribution in [0.3, 0.4) is 0 Å². The molecule has 2 aromatic carbocycles. The number of carbonyl (C=O) groups is 1. The van der Waals surface area contributed by atoms with Crippen LogP contribution in [0.15, 0.2) is 54.6 Å². The van der Waals surface area contributed by atoms with Crippen molar-refractivity contribution in [3.8, 4) is 0 Å². The number of thiocarbonyl (C=S) groups is 1. The van der Waals surface area contributed by atoms with E-state index in [4.69, 9.17) is 17.0 Å². The molecule has 2 N–H and O–H groups in total. The van der Waals surface area contributed by atoms with Crippen molar-refractivity contribution in [2.75, 3.05) is 13.2 Å². The molecular formula is C24H31NO3S. The first-order chi connectivity index (χ1) is 14.0. The number of aliphatic carboxylic acids is 1. The Balaban J connectivity index is 2.01. The second-order valence-corrected chi connectivity index (χ2v) is 7.54. The van der Waals surface area contributed by atoms with Crippen molar-refractivity contribution in [3.63, 3.8) is 0 Å². The fraction of sp³-hybridized carbons (Fsp3) is 0.417. The zero-order chi connectivity index (χ0) is 21.1. The average Bonchev–Trinajstić information content (AvgIpc) is 2.73. The summed E-state index contributed by atoms with van der Waals surface area (Å²) in [4.78, 5) is 12.2. The number of hydrogen-bond acceptors (Lipinski definition) is 3. The summed E-state index contributed by atoms with van der Waals surface area (Å²) in [5.74, 6) is -0.735. The number of carboxylic acids is 1. The van der Waals surface area contributed by atoms with Crippen molar-refractivity contribution in [3.05, 3.63) is 71.3 Å². The summed E-state index contributed by atoms with van der Waals surface area (Å²) in [6, 6.07) is 18.5. The van der Waals surface area contributed by atoms with Crippen LogP contribution in [0.1, 0.15) is 49.3 Å². The standard InChI is InChI=1S/C24H31NO3S/c1-3-16-25-23(29)21(20-8-6-5-7-9-20)15-14-18-10-12-19(13-11-18)17-22(24(26)27)28-4-2/h5-13,21-22H,3-4,14-17H2,1-2H3,(H,25,29)(H,26,27)/t21?,22-/m0/s1. The van der Waals surface area contributed by atoms with E-state index in [1.165, 1.54) is 11.1 Å². The molecule has 0 spiro atoms. The first-order valence-corrected chi connectivity index (χ1v) is 10.7. The Labute approximate surface area is 179 Å². The Hall–Kier alpha value is -2.24. The molecule has 156 valence electrons. The Morgan fingerprint density at radius 1 is 1.07 bits per heavy atom. The number of aryl methyl sites for hydroxylation is 1. The van der Waals surface area contributed by atoms with Gasteiger partial charge < -0.3 is 15.2 Å². The third-order valence-corrected chi connectivity index (χ3v) is 5.31. The zero-order valence-corrected chi connectivity index (χ0v) is 18.1. The lowest BCUT2D eigenvalue weighted by Gasteiger charge is -2.20. The van der Waals surface area contributed by atoms with Gasteiger partial charge in [-0.15, -0.1) is 0 Å². The molecule has 0 bridgehead atoms. The van der Waals surface area contributed by atoms with E-state index in [9.17, 15) is 9.90 Å². The first-order valence-electron chi connectivity index (χ1n) is 10.3. The van der Waals surface area contributed by atoms with Gasteiger partial charge in [-0.2, -0.15) is 0 Å². The van der Waals surface area contributed by atoms with E-state index in [2.05, 4.69) is 48.6 Å². The van der Waals surface area contributed by atoms with Crippen LogP contribution in [0.25, 0.3) is 0 Å². The molecule has 0 amide bonds. The average molecular weight is 414 g/mol. The minimum absolute atomic E-state index is 0.187. The van der Waals surface area contributed by atoms with Crippen LogP contribution in [0.4, 0.5) is 0 Å². The molecule has 0 saturated carbocycles. The highest BCUT2D eigenvalue weighted by Crippen LogP contribution is 2.23. The molecule has 5 heteroatoms. The van der Waals surface area contributed by atoms with Gasteiger partial charge in [-0.25, -0.2) is 4.79 Å². The minimum Gasteiger partial charge on any atom is -0.479 e. The fourth-order valence-corrected chi connectivity index (χ4v) is 3.65. The van der Waals surface area contributed by atoms with Gasteiger partial charge in [0.15, 0.2) is 6.10 Å². The third-order valence-electron chi connectivity index (χ3n) is 4.88. The molecular weight excluding hydrogens is 382 g/mol. The molecule has 0 aromatic heterocycles. The Kier molecular flexibility index (Phi) is 9.81. The van der Waals surface area contributed by atoms with Crippen molar-refractivity contribution in [1.29, 1.82) is 0 Å². The summed E-state index contributed by atoms with van der Waals surface area (Å²) in [6.07, 6.45) is 2.45. The predicted molar refractivity (Wildman–Crippen MR) is 122 cm³/mol. The highest BCUT2D eigenvalue weighted by atomic mass is 32.1. The quantitative estimate of drug-likeness (QED) is 0.491. The summed E-state index contributed by atoms with van der Waals surface area (Å²) in [6.45, 7) is 5.22. The van der Waals surface area contributed by atoms with Crippen LogP contribution in [0.5, 0.6) is 0 Å². The van der Waals surface area contributed by atoms with Gasteiger partial charge in [0.1, 0.15) is 0 Å². The van der Waals surface area contributed by atoms with Crippen LogP contribution < -0.4 is 5.32 Å². The molecule has 29 heavy (non-hydrogen) atoms. The SMILES string of the molecule is CCCNC(=S)C(CCc1ccc(C[C@H](OCC)C(=O)O)cc1)c1ccccc1. The molecule has 2 atom stereocenters. The van der Waals surface area contributed by atoms with Crippen LogP contribution in [-0.4, -0.2) is 35.3 Å². The predicted octanol–water partition coefficient (Wildman–Crippen LogP) is 4.76. The third kappa shape index (κ3) is 7.59. The maximum absolute atomic E-state index is 11.3. The van der Waals surface area contributed by atoms with E-state index in [0.29, 0.717) is 13.0 Å². The molecule has 0 heterocycles. The smallest absolute Gasteiger partial charge is 0.333 e. The number of hydrogen-bond donors (Lipinski definition) is 2. The molecule has 0 radical (unpaired) electrons. The topological polar surface area (TPSA) is 58.6 Å². The second-order valence-electron chi connectivity index (χ2n) is 7.10. The normalized spacial score (nSPS) is 12.9. The summed E-state index contributed by atoms with van der Waals surface area (Å²) in [7, 11) is 0. The second kappa shape index (κ2) is 12.3. The summed E-state index contributed by atoms with van der Waals surface area (Å²) >= 11 is 5.68. The van der Waals surface area contributed by atoms with Gasteiger partial charge in [0.2, 0.25) is 0 Å². The Morgan fingerprint density at radius 3 is 2.31 bits per heavy atom. The molecule has 0 aliphatic carbocycles.